The molecule has 9 heteroatoms. The lowest BCUT2D eigenvalue weighted by Gasteiger charge is -2.14. The molecule has 0 aromatic carbocycles. The molecular weight excluding hydrogens is 369 g/mol. The summed E-state index contributed by atoms with van der Waals surface area (Å²) in [5, 5.41) is 6.48. The Bertz CT molecular complexity index is 931. The number of pyridine rings is 3. The number of amides is 1. The average Bonchev–Trinajstić information content (AvgIpc) is 2.69. The second-order valence-electron chi connectivity index (χ2n) is 5.30. The van der Waals surface area contributed by atoms with E-state index in [0.29, 0.717) is 40.7 Å². The standard InChI is InChI=1S/C18H16FN5O2S/c1-26-12-5-17(24-18(6-12)27-2)23-15-7-16(22-10-25)21-9-13(15)14-4-3-11(19)8-20-14/h3-10H,1-2H3,(H2,21,22,23,24,25). The van der Waals surface area contributed by atoms with Crippen LogP contribution in [0.4, 0.5) is 21.7 Å². The summed E-state index contributed by atoms with van der Waals surface area (Å²) in [5.74, 6) is 1.12. The summed E-state index contributed by atoms with van der Waals surface area (Å²) in [4.78, 5) is 23.5. The van der Waals surface area contributed by atoms with Crippen LogP contribution in [0, 0.1) is 5.82 Å². The minimum absolute atomic E-state index is 0.353. The Morgan fingerprint density at radius 2 is 2.00 bits per heavy atom. The molecule has 0 spiro atoms. The number of hydrogen-bond donors (Lipinski definition) is 2. The maximum atomic E-state index is 13.2. The molecule has 0 radical (unpaired) electrons. The highest BCUT2D eigenvalue weighted by atomic mass is 32.2. The Morgan fingerprint density at radius 3 is 2.67 bits per heavy atom. The molecule has 0 aliphatic heterocycles. The number of thioether (sulfide) groups is 1. The number of rotatable bonds is 7. The van der Waals surface area contributed by atoms with Gasteiger partial charge in [0.15, 0.2) is 0 Å². The van der Waals surface area contributed by atoms with Gasteiger partial charge in [-0.25, -0.2) is 14.4 Å². The summed E-state index contributed by atoms with van der Waals surface area (Å²) in [6, 6.07) is 8.09. The number of methoxy groups -OCH3 is 1. The van der Waals surface area contributed by atoms with Crippen LogP contribution in [0.2, 0.25) is 0 Å². The van der Waals surface area contributed by atoms with Gasteiger partial charge in [0, 0.05) is 30.0 Å². The van der Waals surface area contributed by atoms with Crippen LogP contribution in [0.15, 0.2) is 47.8 Å². The van der Waals surface area contributed by atoms with Crippen molar-refractivity contribution in [3.63, 3.8) is 0 Å². The summed E-state index contributed by atoms with van der Waals surface area (Å²) in [6.45, 7) is 0. The molecule has 0 unspecified atom stereocenters. The van der Waals surface area contributed by atoms with E-state index in [1.807, 2.05) is 12.3 Å². The number of carbonyl (C=O) groups is 1. The highest BCUT2D eigenvalue weighted by Gasteiger charge is 2.12. The topological polar surface area (TPSA) is 89.0 Å². The summed E-state index contributed by atoms with van der Waals surface area (Å²) in [6.07, 6.45) is 5.13. The van der Waals surface area contributed by atoms with E-state index in [2.05, 4.69) is 25.6 Å². The molecule has 1 amide bonds. The molecule has 3 aromatic rings. The van der Waals surface area contributed by atoms with E-state index >= 15 is 0 Å². The average molecular weight is 385 g/mol. The van der Waals surface area contributed by atoms with Gasteiger partial charge in [-0.3, -0.25) is 9.78 Å². The van der Waals surface area contributed by atoms with Crippen molar-refractivity contribution in [3.8, 4) is 17.0 Å². The van der Waals surface area contributed by atoms with Crippen molar-refractivity contribution in [3.05, 3.63) is 48.5 Å². The van der Waals surface area contributed by atoms with Crippen molar-refractivity contribution in [2.45, 2.75) is 5.03 Å². The number of nitrogens with zero attached hydrogens (tertiary/aromatic N) is 3. The predicted molar refractivity (Wildman–Crippen MR) is 103 cm³/mol. The van der Waals surface area contributed by atoms with Gasteiger partial charge < -0.3 is 15.4 Å². The third-order valence-corrected chi connectivity index (χ3v) is 4.22. The lowest BCUT2D eigenvalue weighted by atomic mass is 10.1. The number of halogens is 1. The van der Waals surface area contributed by atoms with Gasteiger partial charge in [0.05, 0.1) is 24.7 Å². The van der Waals surface area contributed by atoms with Gasteiger partial charge in [0.1, 0.15) is 28.2 Å². The molecule has 3 rings (SSSR count). The number of nitrogens with one attached hydrogen (secondary N) is 2. The number of hydrogen-bond acceptors (Lipinski definition) is 7. The van der Waals surface area contributed by atoms with Crippen LogP contribution in [0.5, 0.6) is 5.75 Å². The number of anilines is 3. The van der Waals surface area contributed by atoms with E-state index in [0.717, 1.165) is 11.2 Å². The van der Waals surface area contributed by atoms with Crippen LogP contribution in [0.25, 0.3) is 11.3 Å². The Labute approximate surface area is 159 Å². The van der Waals surface area contributed by atoms with E-state index in [1.54, 1.807) is 31.5 Å². The van der Waals surface area contributed by atoms with Crippen molar-refractivity contribution in [2.75, 3.05) is 24.0 Å². The van der Waals surface area contributed by atoms with Crippen LogP contribution in [0.3, 0.4) is 0 Å². The van der Waals surface area contributed by atoms with Gasteiger partial charge in [0.2, 0.25) is 6.41 Å². The predicted octanol–water partition coefficient (Wildman–Crippen LogP) is 3.72. The Kier molecular flexibility index (Phi) is 5.82. The maximum absolute atomic E-state index is 13.2. The Balaban J connectivity index is 2.05. The first-order chi connectivity index (χ1) is 13.1. The molecule has 138 valence electrons. The minimum atomic E-state index is -0.431. The quantitative estimate of drug-likeness (QED) is 0.473. The van der Waals surface area contributed by atoms with Crippen molar-refractivity contribution < 1.29 is 13.9 Å². The zero-order chi connectivity index (χ0) is 19.2. The monoisotopic (exact) mass is 385 g/mol. The van der Waals surface area contributed by atoms with Crippen LogP contribution in [-0.4, -0.2) is 34.7 Å². The summed E-state index contributed by atoms with van der Waals surface area (Å²) >= 11 is 1.48. The van der Waals surface area contributed by atoms with E-state index in [4.69, 9.17) is 4.74 Å². The van der Waals surface area contributed by atoms with E-state index in [1.165, 1.54) is 17.8 Å². The van der Waals surface area contributed by atoms with E-state index in [9.17, 15) is 9.18 Å². The first kappa shape index (κ1) is 18.6. The second-order valence-corrected chi connectivity index (χ2v) is 6.13. The van der Waals surface area contributed by atoms with Crippen molar-refractivity contribution >= 4 is 35.5 Å². The summed E-state index contributed by atoms with van der Waals surface area (Å²) in [5.41, 5.74) is 1.75. The zero-order valence-electron chi connectivity index (χ0n) is 14.6. The van der Waals surface area contributed by atoms with Crippen molar-refractivity contribution in [2.24, 2.45) is 0 Å². The minimum Gasteiger partial charge on any atom is -0.497 e. The molecule has 0 bridgehead atoms. The van der Waals surface area contributed by atoms with Gasteiger partial charge in [-0.15, -0.1) is 11.8 Å². The lowest BCUT2D eigenvalue weighted by molar-refractivity contribution is -0.105. The van der Waals surface area contributed by atoms with Crippen molar-refractivity contribution in [1.29, 1.82) is 0 Å². The van der Waals surface area contributed by atoms with Crippen LogP contribution >= 0.6 is 11.8 Å². The highest BCUT2D eigenvalue weighted by molar-refractivity contribution is 7.98. The maximum Gasteiger partial charge on any atom is 0.212 e. The number of ether oxygens (including phenoxy) is 1. The molecule has 0 aliphatic rings. The molecule has 0 aliphatic carbocycles. The Hall–Kier alpha value is -3.20. The van der Waals surface area contributed by atoms with Crippen LogP contribution < -0.4 is 15.4 Å². The largest absolute Gasteiger partial charge is 0.497 e. The smallest absolute Gasteiger partial charge is 0.212 e. The fourth-order valence-electron chi connectivity index (χ4n) is 2.34. The number of carbonyl (C=O) groups excluding carboxylic acids is 1. The molecule has 2 N–H and O–H groups in total. The third-order valence-electron chi connectivity index (χ3n) is 3.60. The molecule has 27 heavy (non-hydrogen) atoms. The van der Waals surface area contributed by atoms with Gasteiger partial charge in [0.25, 0.3) is 0 Å². The fraction of sp³-hybridized carbons (Fsp3) is 0.111. The zero-order valence-corrected chi connectivity index (χ0v) is 15.4. The van der Waals surface area contributed by atoms with E-state index in [-0.39, 0.29) is 0 Å². The van der Waals surface area contributed by atoms with Crippen LogP contribution in [-0.2, 0) is 4.79 Å². The molecule has 0 fully saturated rings. The molecule has 3 heterocycles. The van der Waals surface area contributed by atoms with Gasteiger partial charge in [-0.2, -0.15) is 0 Å². The molecular formula is C18H16FN5O2S. The fourth-order valence-corrected chi connectivity index (χ4v) is 2.77. The summed E-state index contributed by atoms with van der Waals surface area (Å²) in [7, 11) is 1.58. The summed E-state index contributed by atoms with van der Waals surface area (Å²) < 4.78 is 18.5. The van der Waals surface area contributed by atoms with Crippen LogP contribution in [0.1, 0.15) is 0 Å². The SMILES string of the molecule is COc1cc(Nc2cc(NC=O)ncc2-c2ccc(F)cn2)nc(SC)c1. The van der Waals surface area contributed by atoms with Gasteiger partial charge in [-0.1, -0.05) is 0 Å². The molecule has 7 nitrogen and oxygen atoms in total. The third kappa shape index (κ3) is 4.50. The lowest BCUT2D eigenvalue weighted by Crippen LogP contribution is -2.02. The number of aromatic nitrogens is 3. The first-order valence-corrected chi connectivity index (χ1v) is 9.04. The normalized spacial score (nSPS) is 10.3. The molecule has 0 atom stereocenters. The highest BCUT2D eigenvalue weighted by Crippen LogP contribution is 2.32. The first-order valence-electron chi connectivity index (χ1n) is 7.82. The van der Waals surface area contributed by atoms with E-state index < -0.39 is 5.82 Å². The second kappa shape index (κ2) is 8.45. The Morgan fingerprint density at radius 1 is 1.15 bits per heavy atom. The van der Waals surface area contributed by atoms with Gasteiger partial charge in [-0.05, 0) is 18.4 Å². The van der Waals surface area contributed by atoms with Gasteiger partial charge >= 0.3 is 0 Å². The molecule has 0 saturated carbocycles. The molecule has 0 saturated heterocycles. The van der Waals surface area contributed by atoms with Crippen molar-refractivity contribution in [1.82, 2.24) is 15.0 Å². The molecule has 3 aromatic heterocycles.